The second kappa shape index (κ2) is 43.1. The molecule has 149 heavy (non-hydrogen) atoms. The number of halogens is 7. The topological polar surface area (TPSA) is 406 Å². The average Bonchev–Trinajstić information content (AvgIpc) is 1.11. The van der Waals surface area contributed by atoms with Gasteiger partial charge >= 0.3 is 0 Å². The zero-order valence-electron chi connectivity index (χ0n) is 80.5. The molecule has 5 aliphatic carbocycles. The lowest BCUT2D eigenvalue weighted by Crippen LogP contribution is -2.37. The number of rotatable bonds is 23. The molecule has 1 unspecified atom stereocenters. The van der Waals surface area contributed by atoms with Gasteiger partial charge in [-0.3, -0.25) is 53.2 Å². The number of nitro benzene ring substituents is 1. The zero-order chi connectivity index (χ0) is 107. The highest BCUT2D eigenvalue weighted by Gasteiger charge is 2.41. The van der Waals surface area contributed by atoms with E-state index in [2.05, 4.69) is 33.8 Å². The molecule has 1 saturated carbocycles. The summed E-state index contributed by atoms with van der Waals surface area (Å²) in [5.41, 5.74) is 11.8. The number of aromatic nitrogens is 7. The molecule has 0 aliphatic heterocycles. The Bertz CT molecular complexity index is 8790. The summed E-state index contributed by atoms with van der Waals surface area (Å²) in [6.07, 6.45) is 24.3. The third kappa shape index (κ3) is 22.3. The van der Waals surface area contributed by atoms with E-state index < -0.39 is 85.9 Å². The predicted octanol–water partition coefficient (Wildman–Crippen LogP) is 21.7. The summed E-state index contributed by atoms with van der Waals surface area (Å²) in [7, 11) is -13.5. The Kier molecular flexibility index (Phi) is 30.7. The van der Waals surface area contributed by atoms with Crippen LogP contribution in [0.5, 0.6) is 0 Å². The van der Waals surface area contributed by atoms with Crippen molar-refractivity contribution in [2.24, 2.45) is 0 Å². The predicted molar refractivity (Wildman–Crippen MR) is 583 cm³/mol. The Morgan fingerprint density at radius 2 is 0.779 bits per heavy atom. The van der Waals surface area contributed by atoms with Gasteiger partial charge in [0.1, 0.15) is 55.0 Å². The molecule has 4 N–H and O–H groups in total. The van der Waals surface area contributed by atoms with Crippen LogP contribution in [-0.2, 0) is 86.4 Å². The van der Waals surface area contributed by atoms with E-state index in [0.717, 1.165) is 68.4 Å². The summed E-state index contributed by atoms with van der Waals surface area (Å²) in [4.78, 5) is 131. The molecule has 1 atom stereocenters. The highest BCUT2D eigenvalue weighted by molar-refractivity contribution is 7.91. The third-order valence-electron chi connectivity index (χ3n) is 25.6. The maximum atomic E-state index is 14.7. The van der Waals surface area contributed by atoms with Crippen LogP contribution in [0.15, 0.2) is 237 Å². The Morgan fingerprint density at radius 3 is 1.12 bits per heavy atom. The number of Topliss-reactive ketones (excluding diaryl/α,β-unsaturated/α-hetero) is 4. The van der Waals surface area contributed by atoms with Crippen molar-refractivity contribution in [3.05, 3.63) is 373 Å². The highest BCUT2D eigenvalue weighted by atomic mass is 35.5. The molecule has 4 amide bonds. The van der Waals surface area contributed by atoms with Crippen molar-refractivity contribution in [3.63, 3.8) is 0 Å². The quantitative estimate of drug-likeness (QED) is 0.0262. The zero-order valence-corrected chi connectivity index (χ0v) is 88.3. The van der Waals surface area contributed by atoms with E-state index in [-0.39, 0.29) is 124 Å². The van der Waals surface area contributed by atoms with Gasteiger partial charge in [-0.1, -0.05) is 209 Å². The van der Waals surface area contributed by atoms with Crippen molar-refractivity contribution < 1.29 is 77.1 Å². The van der Waals surface area contributed by atoms with E-state index in [1.807, 2.05) is 143 Å². The second-order valence-electron chi connectivity index (χ2n) is 36.4. The van der Waals surface area contributed by atoms with Gasteiger partial charge in [-0.15, -0.1) is 0 Å². The number of para-hydroxylation sites is 3. The van der Waals surface area contributed by atoms with Crippen molar-refractivity contribution in [1.82, 2.24) is 52.1 Å². The molecule has 15 aromatic rings. The van der Waals surface area contributed by atoms with Crippen molar-refractivity contribution in [2.75, 3.05) is 12.5 Å². The Labute approximate surface area is 885 Å². The second-order valence-corrected chi connectivity index (χ2v) is 45.7. The van der Waals surface area contributed by atoms with Crippen LogP contribution in [0, 0.1) is 43.6 Å². The lowest BCUT2D eigenvalue weighted by Gasteiger charge is -2.16. The van der Waals surface area contributed by atoms with E-state index in [1.165, 1.54) is 24.7 Å². The smallest absolute Gasteiger partial charge is 0.282 e. The minimum Gasteiger partial charge on any atom is -0.331 e. The summed E-state index contributed by atoms with van der Waals surface area (Å²) >= 11 is 39.3. The van der Waals surface area contributed by atoms with Crippen LogP contribution >= 0.6 is 69.6 Å². The SMILES string of the molecule is Cc1cc2c(C3=CC=CCC3=O)c(C(=O)NS(=O)(=O)C(C)C)n(Cc3cc4ccccc4nc3Cl)c2cc1Cl.Cc1cc2c(C3=CC=CCC3=O)c(C(=O)NS(=O)(=O)C3CC3)n(Cc3cc4ccccc4nc3Cl)c2cc1Cl.Cc1cc2c(C3=CC=CCC3=O)c(C(=O)NS(C)(=O)=O)n(Cc3cc4ccccc4nc3Cl)c2cc1Cl.Cc1ccc2c(c1)c(C1=CC=CCC1=O)c(C(=O)NS(C)=O)n2Cc1cc([N+](=O)[O-])ccc1F. The summed E-state index contributed by atoms with van der Waals surface area (Å²) < 4.78 is 117. The fraction of sp³-hybridized carbons (Fsp3) is 0.183. The summed E-state index contributed by atoms with van der Waals surface area (Å²) in [6.45, 7) is 10.3. The number of nitrogens with one attached hydrogen (secondary N) is 4. The van der Waals surface area contributed by atoms with Crippen LogP contribution in [-0.4, -0.2) is 137 Å². The number of allylic oxidation sites excluding steroid dienone is 16. The van der Waals surface area contributed by atoms with E-state index in [0.29, 0.717) is 144 Å². The lowest BCUT2D eigenvalue weighted by molar-refractivity contribution is -0.385. The molecule has 7 heterocycles. The van der Waals surface area contributed by atoms with Gasteiger partial charge in [-0.25, -0.2) is 63.0 Å². The number of hydrogen-bond acceptors (Lipinski definition) is 20. The molecule has 20 rings (SSSR count). The van der Waals surface area contributed by atoms with Gasteiger partial charge in [0, 0.05) is 169 Å². The van der Waals surface area contributed by atoms with Crippen LogP contribution in [0.4, 0.5) is 10.1 Å². The standard InChI is InChI=1S/C29H23Cl2N3O4S.C29H25Cl2N3O4S.C27H21Cl2N3O4S.C24H20FN3O5S/c1-16-12-21-24(14-22(16)30)34(15-18-13-17-6-2-4-8-23(17)32-28(18)31)27(26(21)20-7-3-5-9-25(20)35)29(36)33-39(37,38)19-10-11-19;1-16(2)39(37,38)33-29(36)27-26(20-9-5-7-11-25(20)35)21-12-17(3)22(30)14-24(21)34(27)15-19-13-18-8-4-6-10-23(18)32-28(19)31;1-15-11-19-22(13-20(15)28)32(14-17-12-16-7-3-5-9-21(16)30-26(17)29)25(27(34)31-37(2,35)36)24(19)18-8-4-6-10-23(18)33;1-14-7-10-20-18(11-14)22(17-5-3-4-6-21(17)29)23(24(30)26-34(2)33)27(20)13-15-12-16(28(31)32)8-9-19(15)25/h2-8,12-14,19H,9-11,15H2,1H3,(H,33,36);4-10,12-14,16H,11,15H2,1-3H3,(H,33,36);3-9,11-13H,10,14H2,1-2H3,(H,31,34);3-5,7-12H,6,13H2,1-2H3,(H,26,30). The van der Waals surface area contributed by atoms with Gasteiger partial charge in [0.2, 0.25) is 30.1 Å². The first-order valence-electron chi connectivity index (χ1n) is 46.4. The van der Waals surface area contributed by atoms with Crippen LogP contribution in [0.25, 0.3) is 98.6 Å². The molecule has 0 spiro atoms. The van der Waals surface area contributed by atoms with Crippen LogP contribution < -0.4 is 18.9 Å². The number of amides is 4. The third-order valence-corrected chi connectivity index (χ3v) is 32.3. The molecule has 0 radical (unpaired) electrons. The molecular weight excluding hydrogens is 2110 g/mol. The minimum absolute atomic E-state index is 0.00579. The maximum Gasteiger partial charge on any atom is 0.282 e. The molecule has 29 nitrogen and oxygen atoms in total. The van der Waals surface area contributed by atoms with Crippen molar-refractivity contribution in [2.45, 2.75) is 117 Å². The number of fused-ring (bicyclic) bond motifs is 7. The molecule has 40 heteroatoms. The van der Waals surface area contributed by atoms with Gasteiger partial charge < -0.3 is 18.3 Å². The first-order valence-corrected chi connectivity index (χ1v) is 55.2. The van der Waals surface area contributed by atoms with Gasteiger partial charge in [-0.05, 0) is 162 Å². The van der Waals surface area contributed by atoms with Gasteiger partial charge in [0.25, 0.3) is 29.3 Å². The summed E-state index contributed by atoms with van der Waals surface area (Å²) in [5.74, 6) is -4.66. The average molecular weight is 2200 g/mol. The molecule has 760 valence electrons. The largest absolute Gasteiger partial charge is 0.331 e. The number of hydrogen-bond donors (Lipinski definition) is 4. The molecule has 5 aliphatic rings. The van der Waals surface area contributed by atoms with E-state index in [4.69, 9.17) is 69.6 Å². The molecular formula is C109H89Cl6FN12O17S4. The highest BCUT2D eigenvalue weighted by Crippen LogP contribution is 2.45. The number of nitrogens with zero attached hydrogens (tertiary/aromatic N) is 8. The number of ketones is 4. The fourth-order valence-corrected chi connectivity index (χ4v) is 22.0. The molecule has 1 fully saturated rings. The maximum absolute atomic E-state index is 14.7. The fourth-order valence-electron chi connectivity index (χ4n) is 18.2. The Balaban J connectivity index is 0.000000136. The van der Waals surface area contributed by atoms with Crippen molar-refractivity contribution >= 4 is 262 Å². The van der Waals surface area contributed by atoms with Crippen LogP contribution in [0.3, 0.4) is 0 Å². The minimum atomic E-state index is -3.98. The Morgan fingerprint density at radius 1 is 0.443 bits per heavy atom. The Hall–Kier alpha value is -14.3. The number of sulfonamides is 3. The summed E-state index contributed by atoms with van der Waals surface area (Å²) in [6, 6.07) is 47.3. The van der Waals surface area contributed by atoms with E-state index in [9.17, 15) is 82.3 Å². The van der Waals surface area contributed by atoms with E-state index >= 15 is 0 Å². The van der Waals surface area contributed by atoms with Crippen LogP contribution in [0.2, 0.25) is 30.5 Å². The first kappa shape index (κ1) is 106. The molecule has 0 bridgehead atoms. The van der Waals surface area contributed by atoms with Gasteiger partial charge in [0.15, 0.2) is 23.1 Å². The van der Waals surface area contributed by atoms with Gasteiger partial charge in [-0.2, -0.15) is 0 Å². The van der Waals surface area contributed by atoms with Crippen molar-refractivity contribution in [3.8, 4) is 0 Å². The number of nitro groups is 1. The summed E-state index contributed by atoms with van der Waals surface area (Å²) in [5, 5.41) is 16.9. The van der Waals surface area contributed by atoms with Crippen LogP contribution in [0.1, 0.15) is 161 Å². The first-order chi connectivity index (χ1) is 70.8. The molecule has 8 aromatic carbocycles. The number of benzene rings is 8. The van der Waals surface area contributed by atoms with Gasteiger partial charge in [0.05, 0.1) is 81.0 Å². The normalized spacial score (nSPS) is 14.4. The lowest BCUT2D eigenvalue weighted by atomic mass is 9.93. The number of aryl methyl sites for hydroxylation is 4. The number of pyridine rings is 3. The monoisotopic (exact) mass is 2190 g/mol. The number of carbonyl (C=O) groups excluding carboxylic acids is 8. The molecule has 0 saturated heterocycles. The van der Waals surface area contributed by atoms with E-state index in [1.54, 1.807) is 117 Å². The number of non-ortho nitro benzene ring substituents is 1. The number of carbonyl (C=O) groups is 8. The van der Waals surface area contributed by atoms with Crippen molar-refractivity contribution in [1.29, 1.82) is 0 Å². The molecule has 7 aromatic heterocycles.